The smallest absolute Gasteiger partial charge is 0.223 e. The molecule has 142 valence electrons. The van der Waals surface area contributed by atoms with Gasteiger partial charge in [-0.15, -0.1) is 0 Å². The lowest BCUT2D eigenvalue weighted by Gasteiger charge is -2.40. The van der Waals surface area contributed by atoms with Crippen LogP contribution in [0, 0.1) is 0 Å². The molecule has 0 spiro atoms. The number of benzene rings is 2. The molecule has 0 bridgehead atoms. The van der Waals surface area contributed by atoms with Crippen LogP contribution in [0.1, 0.15) is 36.1 Å². The summed E-state index contributed by atoms with van der Waals surface area (Å²) in [4.78, 5) is 17.4. The van der Waals surface area contributed by atoms with Crippen LogP contribution in [0.4, 0.5) is 0 Å². The first kappa shape index (κ1) is 18.1. The molecule has 2 heterocycles. The number of carbonyl (C=O) groups is 1. The Morgan fingerprint density at radius 3 is 2.78 bits per heavy atom. The molecule has 2 atom stereocenters. The van der Waals surface area contributed by atoms with Crippen LogP contribution >= 0.6 is 0 Å². The number of nitrogens with zero attached hydrogens (tertiary/aromatic N) is 2. The van der Waals surface area contributed by atoms with Gasteiger partial charge in [-0.2, -0.15) is 0 Å². The topological polar surface area (TPSA) is 32.8 Å². The Morgan fingerprint density at radius 1 is 1.15 bits per heavy atom. The normalized spacial score (nSPS) is 22.4. The zero-order valence-electron chi connectivity index (χ0n) is 16.2. The molecule has 2 aliphatic heterocycles. The molecule has 0 aromatic heterocycles. The molecule has 27 heavy (non-hydrogen) atoms. The van der Waals surface area contributed by atoms with Crippen molar-refractivity contribution < 1.29 is 9.53 Å². The summed E-state index contributed by atoms with van der Waals surface area (Å²) in [5.74, 6) is 1.25. The molecule has 0 radical (unpaired) electrons. The molecule has 1 fully saturated rings. The third-order valence-electron chi connectivity index (χ3n) is 5.68. The molecular weight excluding hydrogens is 336 g/mol. The van der Waals surface area contributed by atoms with E-state index in [0.717, 1.165) is 38.2 Å². The van der Waals surface area contributed by atoms with Gasteiger partial charge in [0.2, 0.25) is 5.91 Å². The third kappa shape index (κ3) is 4.01. The summed E-state index contributed by atoms with van der Waals surface area (Å²) in [5, 5.41) is 0. The lowest BCUT2D eigenvalue weighted by atomic mass is 10.0. The monoisotopic (exact) mass is 364 g/mol. The van der Waals surface area contributed by atoms with E-state index in [2.05, 4.69) is 66.2 Å². The van der Waals surface area contributed by atoms with Crippen LogP contribution in [0.3, 0.4) is 0 Å². The number of likely N-dealkylation sites (N-methyl/N-ethyl adjacent to an activating group) is 1. The highest BCUT2D eigenvalue weighted by molar-refractivity contribution is 5.77. The summed E-state index contributed by atoms with van der Waals surface area (Å²) in [6.45, 7) is 4.72. The van der Waals surface area contributed by atoms with E-state index in [-0.39, 0.29) is 18.1 Å². The SMILES string of the molecule is C[C@@H]1Cc2cc(CCC(=O)N3CCN(C)C[C@H]3c3ccccc3)ccc2O1. The Morgan fingerprint density at radius 2 is 1.96 bits per heavy atom. The van der Waals surface area contributed by atoms with E-state index in [1.165, 1.54) is 16.7 Å². The Labute approximate surface area is 161 Å². The minimum absolute atomic E-state index is 0.145. The van der Waals surface area contributed by atoms with Gasteiger partial charge < -0.3 is 14.5 Å². The summed E-state index contributed by atoms with van der Waals surface area (Å²) in [5.41, 5.74) is 3.72. The number of hydrogen-bond acceptors (Lipinski definition) is 3. The van der Waals surface area contributed by atoms with E-state index < -0.39 is 0 Å². The summed E-state index contributed by atoms with van der Waals surface area (Å²) in [6, 6.07) is 16.9. The van der Waals surface area contributed by atoms with Gasteiger partial charge in [-0.05, 0) is 43.1 Å². The van der Waals surface area contributed by atoms with E-state index in [0.29, 0.717) is 6.42 Å². The average molecular weight is 364 g/mol. The second-order valence-electron chi connectivity index (χ2n) is 7.85. The molecule has 2 aliphatic rings. The van der Waals surface area contributed by atoms with Crippen molar-refractivity contribution in [2.24, 2.45) is 0 Å². The van der Waals surface area contributed by atoms with Gasteiger partial charge >= 0.3 is 0 Å². The first-order valence-corrected chi connectivity index (χ1v) is 9.91. The molecule has 4 nitrogen and oxygen atoms in total. The maximum atomic E-state index is 13.0. The van der Waals surface area contributed by atoms with Crippen molar-refractivity contribution in [2.45, 2.75) is 38.3 Å². The summed E-state index contributed by atoms with van der Waals surface area (Å²) >= 11 is 0. The lowest BCUT2D eigenvalue weighted by Crippen LogP contribution is -2.49. The van der Waals surface area contributed by atoms with E-state index in [1.54, 1.807) is 0 Å². The number of ether oxygens (including phenoxy) is 1. The fourth-order valence-corrected chi connectivity index (χ4v) is 4.20. The second kappa shape index (κ2) is 7.73. The Bertz CT molecular complexity index is 805. The van der Waals surface area contributed by atoms with Crippen LogP contribution in [0.15, 0.2) is 48.5 Å². The number of aryl methyl sites for hydroxylation is 1. The summed E-state index contributed by atoms with van der Waals surface area (Å²) in [6.07, 6.45) is 2.57. The summed E-state index contributed by atoms with van der Waals surface area (Å²) in [7, 11) is 2.13. The van der Waals surface area contributed by atoms with Gasteiger partial charge in [-0.1, -0.05) is 42.5 Å². The van der Waals surface area contributed by atoms with E-state index in [1.807, 2.05) is 6.07 Å². The fraction of sp³-hybridized carbons (Fsp3) is 0.435. The Balaban J connectivity index is 1.43. The molecule has 1 saturated heterocycles. The maximum absolute atomic E-state index is 13.0. The van der Waals surface area contributed by atoms with Gasteiger partial charge in [0, 0.05) is 32.5 Å². The van der Waals surface area contributed by atoms with Crippen molar-refractivity contribution >= 4 is 5.91 Å². The maximum Gasteiger partial charge on any atom is 0.223 e. The van der Waals surface area contributed by atoms with Gasteiger partial charge in [-0.25, -0.2) is 0 Å². The average Bonchev–Trinajstić information content (AvgIpc) is 3.06. The minimum Gasteiger partial charge on any atom is -0.490 e. The van der Waals surface area contributed by atoms with E-state index >= 15 is 0 Å². The van der Waals surface area contributed by atoms with Crippen LogP contribution in [0.2, 0.25) is 0 Å². The van der Waals surface area contributed by atoms with Crippen molar-refractivity contribution in [1.29, 1.82) is 0 Å². The molecule has 0 unspecified atom stereocenters. The predicted molar refractivity (Wildman–Crippen MR) is 107 cm³/mol. The van der Waals surface area contributed by atoms with Crippen LogP contribution < -0.4 is 4.74 Å². The molecule has 2 aromatic carbocycles. The number of rotatable bonds is 4. The first-order chi connectivity index (χ1) is 13.1. The van der Waals surface area contributed by atoms with Crippen LogP contribution in [-0.4, -0.2) is 48.5 Å². The van der Waals surface area contributed by atoms with Crippen LogP contribution in [0.5, 0.6) is 5.75 Å². The molecular formula is C23H28N2O2. The van der Waals surface area contributed by atoms with Gasteiger partial charge in [0.1, 0.15) is 11.9 Å². The van der Waals surface area contributed by atoms with Crippen molar-refractivity contribution in [1.82, 2.24) is 9.80 Å². The van der Waals surface area contributed by atoms with E-state index in [9.17, 15) is 4.79 Å². The van der Waals surface area contributed by atoms with E-state index in [4.69, 9.17) is 4.74 Å². The third-order valence-corrected chi connectivity index (χ3v) is 5.68. The first-order valence-electron chi connectivity index (χ1n) is 9.91. The Kier molecular flexibility index (Phi) is 5.17. The predicted octanol–water partition coefficient (Wildman–Crippen LogP) is 3.46. The van der Waals surface area contributed by atoms with Gasteiger partial charge in [0.05, 0.1) is 6.04 Å². The summed E-state index contributed by atoms with van der Waals surface area (Å²) < 4.78 is 5.78. The molecule has 0 aliphatic carbocycles. The number of hydrogen-bond donors (Lipinski definition) is 0. The van der Waals surface area contributed by atoms with Gasteiger partial charge in [0.15, 0.2) is 0 Å². The minimum atomic E-state index is 0.145. The molecule has 2 aromatic rings. The molecule has 4 heteroatoms. The lowest BCUT2D eigenvalue weighted by molar-refractivity contribution is -0.136. The number of piperazine rings is 1. The zero-order valence-corrected chi connectivity index (χ0v) is 16.2. The zero-order chi connectivity index (χ0) is 18.8. The number of amides is 1. The highest BCUT2D eigenvalue weighted by atomic mass is 16.5. The quantitative estimate of drug-likeness (QED) is 0.833. The number of carbonyl (C=O) groups excluding carboxylic acids is 1. The van der Waals surface area contributed by atoms with Gasteiger partial charge in [-0.3, -0.25) is 4.79 Å². The van der Waals surface area contributed by atoms with Crippen molar-refractivity contribution in [3.63, 3.8) is 0 Å². The Hall–Kier alpha value is -2.33. The van der Waals surface area contributed by atoms with Crippen molar-refractivity contribution in [3.05, 3.63) is 65.2 Å². The molecule has 4 rings (SSSR count). The van der Waals surface area contributed by atoms with Gasteiger partial charge in [0.25, 0.3) is 0 Å². The highest BCUT2D eigenvalue weighted by Crippen LogP contribution is 2.30. The van der Waals surface area contributed by atoms with Crippen LogP contribution in [-0.2, 0) is 17.6 Å². The van der Waals surface area contributed by atoms with Crippen LogP contribution in [0.25, 0.3) is 0 Å². The van der Waals surface area contributed by atoms with Crippen molar-refractivity contribution in [3.8, 4) is 5.75 Å². The second-order valence-corrected chi connectivity index (χ2v) is 7.85. The largest absolute Gasteiger partial charge is 0.490 e. The molecule has 0 saturated carbocycles. The molecule has 1 amide bonds. The fourth-order valence-electron chi connectivity index (χ4n) is 4.20. The highest BCUT2D eigenvalue weighted by Gasteiger charge is 2.29. The number of fused-ring (bicyclic) bond motifs is 1. The standard InChI is InChI=1S/C23H28N2O2/c1-17-14-20-15-18(8-10-22(20)27-17)9-11-23(26)25-13-12-24(2)16-21(25)19-6-4-3-5-7-19/h3-8,10,15,17,21H,9,11-14,16H2,1-2H3/t17-,21+/m1/s1. The molecule has 0 N–H and O–H groups in total. The van der Waals surface area contributed by atoms with Crippen molar-refractivity contribution in [2.75, 3.05) is 26.7 Å².